The van der Waals surface area contributed by atoms with Gasteiger partial charge in [0.15, 0.2) is 0 Å². The van der Waals surface area contributed by atoms with Crippen LogP contribution in [0.5, 0.6) is 0 Å². The lowest BCUT2D eigenvalue weighted by atomic mass is 10.4. The summed E-state index contributed by atoms with van der Waals surface area (Å²) in [5.74, 6) is 0.315. The summed E-state index contributed by atoms with van der Waals surface area (Å²) < 4.78 is 0.622. The van der Waals surface area contributed by atoms with Gasteiger partial charge >= 0.3 is 0 Å². The summed E-state index contributed by atoms with van der Waals surface area (Å²) in [6.45, 7) is 0. The van der Waals surface area contributed by atoms with Crippen molar-refractivity contribution in [3.8, 4) is 10.7 Å². The van der Waals surface area contributed by atoms with Gasteiger partial charge in [-0.1, -0.05) is 0 Å². The van der Waals surface area contributed by atoms with Gasteiger partial charge in [-0.15, -0.1) is 11.3 Å². The van der Waals surface area contributed by atoms with Crippen LogP contribution in [0.2, 0.25) is 5.28 Å². The molecule has 2 aromatic rings. The van der Waals surface area contributed by atoms with Crippen molar-refractivity contribution >= 4 is 44.7 Å². The van der Waals surface area contributed by atoms with E-state index in [-0.39, 0.29) is 5.28 Å². The molecule has 0 unspecified atom stereocenters. The second kappa shape index (κ2) is 3.80. The first kappa shape index (κ1) is 9.82. The maximum absolute atomic E-state index is 5.69. The molecule has 72 valence electrons. The molecular formula is C7H4BrClN4S. The zero-order valence-electron chi connectivity index (χ0n) is 6.74. The van der Waals surface area contributed by atoms with Crippen molar-refractivity contribution in [1.82, 2.24) is 15.0 Å². The fraction of sp³-hybridized carbons (Fsp3) is 0. The molecule has 2 N–H and O–H groups in total. The number of rotatable bonds is 1. The summed E-state index contributed by atoms with van der Waals surface area (Å²) in [5, 5.41) is 2.73. The number of nitrogen functional groups attached to an aromatic ring is 1. The Balaban J connectivity index is 2.64. The van der Waals surface area contributed by atoms with Crippen LogP contribution < -0.4 is 5.73 Å². The van der Waals surface area contributed by atoms with Crippen molar-refractivity contribution in [1.29, 1.82) is 0 Å². The Morgan fingerprint density at radius 1 is 1.43 bits per heavy atom. The van der Waals surface area contributed by atoms with E-state index in [9.17, 15) is 0 Å². The predicted octanol–water partition coefficient (Wildman–Crippen LogP) is 2.60. The van der Waals surface area contributed by atoms with Crippen LogP contribution >= 0.6 is 38.9 Å². The number of anilines is 1. The third-order valence-electron chi connectivity index (χ3n) is 1.48. The van der Waals surface area contributed by atoms with E-state index < -0.39 is 0 Å². The fourth-order valence-electron chi connectivity index (χ4n) is 0.918. The topological polar surface area (TPSA) is 64.7 Å². The van der Waals surface area contributed by atoms with Gasteiger partial charge in [0.1, 0.15) is 16.5 Å². The highest BCUT2D eigenvalue weighted by Gasteiger charge is 2.12. The predicted molar refractivity (Wildman–Crippen MR) is 60.3 cm³/mol. The van der Waals surface area contributed by atoms with Gasteiger partial charge in [-0.2, -0.15) is 4.98 Å². The lowest BCUT2D eigenvalue weighted by Gasteiger charge is -2.02. The minimum absolute atomic E-state index is 0.121. The first-order valence-electron chi connectivity index (χ1n) is 3.57. The maximum atomic E-state index is 5.69. The molecule has 2 heterocycles. The molecule has 0 amide bonds. The molecule has 0 aromatic carbocycles. The Kier molecular flexibility index (Phi) is 2.66. The maximum Gasteiger partial charge on any atom is 0.225 e. The molecular weight excluding hydrogens is 288 g/mol. The van der Waals surface area contributed by atoms with E-state index in [1.54, 1.807) is 6.20 Å². The van der Waals surface area contributed by atoms with Crippen molar-refractivity contribution in [2.75, 3.05) is 5.73 Å². The monoisotopic (exact) mass is 290 g/mol. The molecule has 0 aliphatic heterocycles. The van der Waals surface area contributed by atoms with Gasteiger partial charge in [0.2, 0.25) is 5.28 Å². The van der Waals surface area contributed by atoms with Crippen molar-refractivity contribution in [3.63, 3.8) is 0 Å². The van der Waals surface area contributed by atoms with Crippen molar-refractivity contribution in [2.45, 2.75) is 0 Å². The molecule has 0 saturated heterocycles. The number of hydrogen-bond acceptors (Lipinski definition) is 5. The summed E-state index contributed by atoms with van der Waals surface area (Å²) >= 11 is 10.4. The van der Waals surface area contributed by atoms with Gasteiger partial charge in [0.05, 0.1) is 4.47 Å². The zero-order chi connectivity index (χ0) is 10.1. The molecule has 0 spiro atoms. The van der Waals surface area contributed by atoms with E-state index in [2.05, 4.69) is 30.9 Å². The van der Waals surface area contributed by atoms with Gasteiger partial charge in [-0.05, 0) is 27.5 Å². The number of halogens is 2. The summed E-state index contributed by atoms with van der Waals surface area (Å²) in [5.41, 5.74) is 6.24. The summed E-state index contributed by atoms with van der Waals surface area (Å²) in [4.78, 5) is 12.0. The van der Waals surface area contributed by atoms with E-state index in [0.29, 0.717) is 16.0 Å². The van der Waals surface area contributed by atoms with Crippen LogP contribution in [0.3, 0.4) is 0 Å². The molecule has 0 fully saturated rings. The number of nitrogens with two attached hydrogens (primary N) is 1. The van der Waals surface area contributed by atoms with Crippen LogP contribution in [0.25, 0.3) is 10.7 Å². The second-order valence-corrected chi connectivity index (χ2v) is 4.40. The molecule has 2 aromatic heterocycles. The minimum Gasteiger partial charge on any atom is -0.383 e. The van der Waals surface area contributed by atoms with Gasteiger partial charge in [0.25, 0.3) is 0 Å². The van der Waals surface area contributed by atoms with Crippen molar-refractivity contribution < 1.29 is 0 Å². The van der Waals surface area contributed by atoms with Crippen LogP contribution in [-0.2, 0) is 0 Å². The standard InChI is InChI=1S/C7H4BrClN4S/c8-3-4(6-11-1-2-14-6)12-7(9)13-5(3)10/h1-2H,(H2,10,12,13). The molecule has 0 aliphatic carbocycles. The normalized spacial score (nSPS) is 10.4. The number of hydrogen-bond donors (Lipinski definition) is 1. The quantitative estimate of drug-likeness (QED) is 0.820. The molecule has 0 aliphatic rings. The summed E-state index contributed by atoms with van der Waals surface area (Å²) in [6, 6.07) is 0. The van der Waals surface area contributed by atoms with E-state index >= 15 is 0 Å². The Morgan fingerprint density at radius 3 is 2.86 bits per heavy atom. The smallest absolute Gasteiger partial charge is 0.225 e. The molecule has 0 atom stereocenters. The highest BCUT2D eigenvalue weighted by molar-refractivity contribution is 9.10. The van der Waals surface area contributed by atoms with E-state index in [4.69, 9.17) is 17.3 Å². The van der Waals surface area contributed by atoms with Gasteiger partial charge < -0.3 is 5.73 Å². The van der Waals surface area contributed by atoms with Gasteiger partial charge in [-0.3, -0.25) is 0 Å². The van der Waals surface area contributed by atoms with Crippen molar-refractivity contribution in [2.24, 2.45) is 0 Å². The second-order valence-electron chi connectivity index (χ2n) is 2.38. The lowest BCUT2D eigenvalue weighted by Crippen LogP contribution is -1.97. The van der Waals surface area contributed by atoms with E-state index in [0.717, 1.165) is 5.01 Å². The first-order chi connectivity index (χ1) is 6.68. The Morgan fingerprint density at radius 2 is 2.21 bits per heavy atom. The zero-order valence-corrected chi connectivity index (χ0v) is 9.90. The molecule has 7 heteroatoms. The molecule has 0 saturated carbocycles. The Labute approximate surface area is 97.3 Å². The average Bonchev–Trinajstić information content (AvgIpc) is 2.63. The Hall–Kier alpha value is -0.720. The molecule has 2 rings (SSSR count). The average molecular weight is 292 g/mol. The van der Waals surface area contributed by atoms with Gasteiger partial charge in [0, 0.05) is 11.6 Å². The van der Waals surface area contributed by atoms with Crippen molar-refractivity contribution in [3.05, 3.63) is 21.3 Å². The number of nitrogens with zero attached hydrogens (tertiary/aromatic N) is 3. The first-order valence-corrected chi connectivity index (χ1v) is 5.62. The van der Waals surface area contributed by atoms with Crippen LogP contribution in [0, 0.1) is 0 Å². The van der Waals surface area contributed by atoms with Crippen LogP contribution in [0.15, 0.2) is 16.0 Å². The summed E-state index contributed by atoms with van der Waals surface area (Å²) in [6.07, 6.45) is 1.69. The van der Waals surface area contributed by atoms with Crippen LogP contribution in [0.1, 0.15) is 0 Å². The third kappa shape index (κ3) is 1.73. The SMILES string of the molecule is Nc1nc(Cl)nc(-c2nccs2)c1Br. The molecule has 0 radical (unpaired) electrons. The van der Waals surface area contributed by atoms with E-state index in [1.165, 1.54) is 11.3 Å². The number of aromatic nitrogens is 3. The molecule has 4 nitrogen and oxygen atoms in total. The third-order valence-corrected chi connectivity index (χ3v) is 3.22. The largest absolute Gasteiger partial charge is 0.383 e. The Bertz CT molecular complexity index is 459. The number of thiazole rings is 1. The highest BCUT2D eigenvalue weighted by Crippen LogP contribution is 2.31. The molecule has 0 bridgehead atoms. The van der Waals surface area contributed by atoms with Crippen LogP contribution in [0.4, 0.5) is 5.82 Å². The van der Waals surface area contributed by atoms with Gasteiger partial charge in [-0.25, -0.2) is 9.97 Å². The molecule has 14 heavy (non-hydrogen) atoms. The fourth-order valence-corrected chi connectivity index (χ4v) is 2.22. The highest BCUT2D eigenvalue weighted by atomic mass is 79.9. The van der Waals surface area contributed by atoms with Crippen LogP contribution in [-0.4, -0.2) is 15.0 Å². The lowest BCUT2D eigenvalue weighted by molar-refractivity contribution is 1.16. The van der Waals surface area contributed by atoms with E-state index in [1.807, 2.05) is 5.38 Å². The minimum atomic E-state index is 0.121. The summed E-state index contributed by atoms with van der Waals surface area (Å²) in [7, 11) is 0.